The normalized spacial score (nSPS) is 26.2. The van der Waals surface area contributed by atoms with Crippen molar-refractivity contribution in [1.82, 2.24) is 14.9 Å². The Hall–Kier alpha value is -0.860. The molecule has 7 nitrogen and oxygen atoms in total. The van der Waals surface area contributed by atoms with Crippen LogP contribution in [0.1, 0.15) is 26.2 Å². The van der Waals surface area contributed by atoms with Gasteiger partial charge in [-0.2, -0.15) is 0 Å². The Balaban J connectivity index is 1.71. The third-order valence-electron chi connectivity index (χ3n) is 4.07. The van der Waals surface area contributed by atoms with E-state index in [1.807, 2.05) is 0 Å². The van der Waals surface area contributed by atoms with Gasteiger partial charge in [0, 0.05) is 39.4 Å². The van der Waals surface area contributed by atoms with Gasteiger partial charge >= 0.3 is 6.03 Å². The van der Waals surface area contributed by atoms with Gasteiger partial charge in [0.2, 0.25) is 10.0 Å². The predicted octanol–water partition coefficient (Wildman–Crippen LogP) is 0.136. The molecule has 2 amide bonds. The van der Waals surface area contributed by atoms with Crippen LogP contribution in [0.5, 0.6) is 0 Å². The summed E-state index contributed by atoms with van der Waals surface area (Å²) in [5.74, 6) is 0.533. The summed E-state index contributed by atoms with van der Waals surface area (Å²) >= 11 is 0. The second-order valence-electron chi connectivity index (χ2n) is 5.65. The Kier molecular flexibility index (Phi) is 5.83. The SMILES string of the molecule is CCNS(=O)(=O)C1CCN(C(=O)NCCC2CCOC2)C1. The highest BCUT2D eigenvalue weighted by atomic mass is 32.2. The third kappa shape index (κ3) is 4.55. The molecular weight excluding hydrogens is 294 g/mol. The summed E-state index contributed by atoms with van der Waals surface area (Å²) in [6.45, 7) is 5.12. The highest BCUT2D eigenvalue weighted by Crippen LogP contribution is 2.17. The first-order valence-corrected chi connectivity index (χ1v) is 9.16. The van der Waals surface area contributed by atoms with Gasteiger partial charge in [-0.05, 0) is 25.2 Å². The highest BCUT2D eigenvalue weighted by Gasteiger charge is 2.34. The maximum atomic E-state index is 12.0. The molecule has 0 radical (unpaired) electrons. The van der Waals surface area contributed by atoms with Crippen LogP contribution in [0.25, 0.3) is 0 Å². The molecule has 2 fully saturated rings. The van der Waals surface area contributed by atoms with Gasteiger partial charge < -0.3 is 15.0 Å². The third-order valence-corrected chi connectivity index (χ3v) is 6.02. The smallest absolute Gasteiger partial charge is 0.317 e. The number of carbonyl (C=O) groups is 1. The molecule has 2 aliphatic heterocycles. The van der Waals surface area contributed by atoms with E-state index in [0.717, 1.165) is 26.1 Å². The van der Waals surface area contributed by atoms with Crippen molar-refractivity contribution in [2.24, 2.45) is 5.92 Å². The Labute approximate surface area is 126 Å². The van der Waals surface area contributed by atoms with E-state index in [9.17, 15) is 13.2 Å². The molecule has 21 heavy (non-hydrogen) atoms. The standard InChI is InChI=1S/C13H25N3O4S/c1-2-15-21(18,19)12-4-7-16(9-12)13(17)14-6-3-11-5-8-20-10-11/h11-12,15H,2-10H2,1H3,(H,14,17). The Bertz CT molecular complexity index is 448. The summed E-state index contributed by atoms with van der Waals surface area (Å²) in [5, 5.41) is 2.38. The average Bonchev–Trinajstić information content (AvgIpc) is 3.10. The van der Waals surface area contributed by atoms with E-state index in [2.05, 4.69) is 10.0 Å². The zero-order chi connectivity index (χ0) is 15.3. The minimum Gasteiger partial charge on any atom is -0.381 e. The zero-order valence-corrected chi connectivity index (χ0v) is 13.3. The van der Waals surface area contributed by atoms with Gasteiger partial charge in [-0.15, -0.1) is 0 Å². The summed E-state index contributed by atoms with van der Waals surface area (Å²) in [6, 6.07) is -0.164. The molecule has 2 unspecified atom stereocenters. The van der Waals surface area contributed by atoms with Crippen molar-refractivity contribution in [3.63, 3.8) is 0 Å². The van der Waals surface area contributed by atoms with Crippen LogP contribution in [-0.2, 0) is 14.8 Å². The van der Waals surface area contributed by atoms with Gasteiger partial charge in [0.05, 0.1) is 5.25 Å². The summed E-state index contributed by atoms with van der Waals surface area (Å²) in [7, 11) is -3.30. The lowest BCUT2D eigenvalue weighted by Gasteiger charge is -2.18. The first-order valence-electron chi connectivity index (χ1n) is 7.62. The molecule has 2 saturated heterocycles. The zero-order valence-electron chi connectivity index (χ0n) is 12.5. The molecule has 0 aliphatic carbocycles. The van der Waals surface area contributed by atoms with E-state index in [1.54, 1.807) is 11.8 Å². The predicted molar refractivity (Wildman–Crippen MR) is 79.5 cm³/mol. The number of sulfonamides is 1. The fourth-order valence-corrected chi connectivity index (χ4v) is 4.22. The minimum absolute atomic E-state index is 0.164. The second kappa shape index (κ2) is 7.42. The van der Waals surface area contributed by atoms with Crippen LogP contribution >= 0.6 is 0 Å². The summed E-state index contributed by atoms with van der Waals surface area (Å²) in [6.07, 6.45) is 2.47. The summed E-state index contributed by atoms with van der Waals surface area (Å²) < 4.78 is 31.6. The van der Waals surface area contributed by atoms with Crippen LogP contribution in [0.15, 0.2) is 0 Å². The van der Waals surface area contributed by atoms with E-state index in [1.165, 1.54) is 0 Å². The van der Waals surface area contributed by atoms with Crippen LogP contribution < -0.4 is 10.0 Å². The molecule has 0 aromatic rings. The van der Waals surface area contributed by atoms with Crippen molar-refractivity contribution in [3.05, 3.63) is 0 Å². The fraction of sp³-hybridized carbons (Fsp3) is 0.923. The van der Waals surface area contributed by atoms with Gasteiger partial charge in [-0.25, -0.2) is 17.9 Å². The van der Waals surface area contributed by atoms with Crippen molar-refractivity contribution >= 4 is 16.1 Å². The number of rotatable bonds is 6. The lowest BCUT2D eigenvalue weighted by molar-refractivity contribution is 0.183. The lowest BCUT2D eigenvalue weighted by Crippen LogP contribution is -2.42. The number of nitrogens with zero attached hydrogens (tertiary/aromatic N) is 1. The average molecular weight is 319 g/mol. The molecule has 0 aromatic carbocycles. The van der Waals surface area contributed by atoms with Gasteiger partial charge in [0.15, 0.2) is 0 Å². The topological polar surface area (TPSA) is 87.7 Å². The quantitative estimate of drug-likeness (QED) is 0.729. The molecule has 0 spiro atoms. The fourth-order valence-electron chi connectivity index (χ4n) is 2.79. The molecule has 8 heteroatoms. The molecule has 2 atom stereocenters. The van der Waals surface area contributed by atoms with Crippen LogP contribution in [0, 0.1) is 5.92 Å². The molecule has 122 valence electrons. The maximum Gasteiger partial charge on any atom is 0.317 e. The minimum atomic E-state index is -3.30. The van der Waals surface area contributed by atoms with Crippen LogP contribution in [0.2, 0.25) is 0 Å². The molecule has 2 aliphatic rings. The van der Waals surface area contributed by atoms with Crippen LogP contribution in [0.3, 0.4) is 0 Å². The number of hydrogen-bond acceptors (Lipinski definition) is 4. The van der Waals surface area contributed by atoms with Gasteiger partial charge in [0.25, 0.3) is 0 Å². The lowest BCUT2D eigenvalue weighted by atomic mass is 10.1. The number of nitrogens with one attached hydrogen (secondary N) is 2. The van der Waals surface area contributed by atoms with E-state index in [-0.39, 0.29) is 12.6 Å². The summed E-state index contributed by atoms with van der Waals surface area (Å²) in [5.41, 5.74) is 0. The van der Waals surface area contributed by atoms with E-state index in [4.69, 9.17) is 4.74 Å². The summed E-state index contributed by atoms with van der Waals surface area (Å²) in [4.78, 5) is 13.6. The Morgan fingerprint density at radius 3 is 2.86 bits per heavy atom. The largest absolute Gasteiger partial charge is 0.381 e. The molecule has 0 saturated carbocycles. The van der Waals surface area contributed by atoms with Gasteiger partial charge in [-0.3, -0.25) is 0 Å². The second-order valence-corrected chi connectivity index (χ2v) is 7.70. The molecular formula is C13H25N3O4S. The number of likely N-dealkylation sites (tertiary alicyclic amines) is 1. The van der Waals surface area contributed by atoms with Crippen LogP contribution in [-0.4, -0.2) is 64.0 Å². The van der Waals surface area contributed by atoms with E-state index in [0.29, 0.717) is 32.0 Å². The monoisotopic (exact) mass is 319 g/mol. The first kappa shape index (κ1) is 16.5. The van der Waals surface area contributed by atoms with Crippen LogP contribution in [0.4, 0.5) is 4.79 Å². The number of ether oxygens (including phenoxy) is 1. The molecule has 2 heterocycles. The van der Waals surface area contributed by atoms with Crippen molar-refractivity contribution in [1.29, 1.82) is 0 Å². The first-order chi connectivity index (χ1) is 10.0. The van der Waals surface area contributed by atoms with E-state index >= 15 is 0 Å². The van der Waals surface area contributed by atoms with Crippen molar-refractivity contribution in [2.45, 2.75) is 31.4 Å². The molecule has 2 rings (SSSR count). The molecule has 0 aromatic heterocycles. The van der Waals surface area contributed by atoms with Crippen molar-refractivity contribution in [3.8, 4) is 0 Å². The van der Waals surface area contributed by atoms with E-state index < -0.39 is 15.3 Å². The van der Waals surface area contributed by atoms with Crippen molar-refractivity contribution in [2.75, 3.05) is 39.4 Å². The molecule has 0 bridgehead atoms. The Morgan fingerprint density at radius 1 is 1.38 bits per heavy atom. The number of hydrogen-bond donors (Lipinski definition) is 2. The Morgan fingerprint density at radius 2 is 2.19 bits per heavy atom. The molecule has 2 N–H and O–H groups in total. The number of carbonyl (C=O) groups excluding carboxylic acids is 1. The van der Waals surface area contributed by atoms with Gasteiger partial charge in [0.1, 0.15) is 0 Å². The van der Waals surface area contributed by atoms with Crippen molar-refractivity contribution < 1.29 is 17.9 Å². The number of urea groups is 1. The maximum absolute atomic E-state index is 12.0. The number of amides is 2. The van der Waals surface area contributed by atoms with Gasteiger partial charge in [-0.1, -0.05) is 6.92 Å². The highest BCUT2D eigenvalue weighted by molar-refractivity contribution is 7.90.